The van der Waals surface area contributed by atoms with Crippen molar-refractivity contribution in [1.82, 2.24) is 14.9 Å². The molecule has 4 heteroatoms. The molecule has 0 radical (unpaired) electrons. The summed E-state index contributed by atoms with van der Waals surface area (Å²) in [6, 6.07) is 1.86. The van der Waals surface area contributed by atoms with Crippen LogP contribution in [0.1, 0.15) is 27.7 Å². The van der Waals surface area contributed by atoms with Gasteiger partial charge in [-0.1, -0.05) is 27.7 Å². The Bertz CT molecular complexity index is 305. The van der Waals surface area contributed by atoms with Gasteiger partial charge in [0.1, 0.15) is 0 Å². The van der Waals surface area contributed by atoms with E-state index >= 15 is 0 Å². The summed E-state index contributed by atoms with van der Waals surface area (Å²) in [6.45, 7) is 14.1. The van der Waals surface area contributed by atoms with Crippen LogP contribution in [0.15, 0.2) is 18.5 Å². The standard InChI is InChI=1S/C12H20N4.C2H6/c1-11(2)10-15-6-8-16(9-7-15)12-13-4-3-5-14-12;1-2/h3-5,11H,6-10H2,1-2H3;1-2H3. The summed E-state index contributed by atoms with van der Waals surface area (Å²) >= 11 is 0. The molecule has 102 valence electrons. The lowest BCUT2D eigenvalue weighted by molar-refractivity contribution is 0.230. The first-order valence-electron chi connectivity index (χ1n) is 7.00. The van der Waals surface area contributed by atoms with E-state index in [1.807, 2.05) is 32.3 Å². The second-order valence-electron chi connectivity index (χ2n) is 4.73. The molecule has 1 aromatic heterocycles. The molecule has 4 nitrogen and oxygen atoms in total. The number of piperazine rings is 1. The van der Waals surface area contributed by atoms with Crippen molar-refractivity contribution in [3.63, 3.8) is 0 Å². The van der Waals surface area contributed by atoms with Gasteiger partial charge in [0.2, 0.25) is 5.95 Å². The molecular formula is C14H26N4. The number of anilines is 1. The fourth-order valence-electron chi connectivity index (χ4n) is 2.10. The highest BCUT2D eigenvalue weighted by molar-refractivity contribution is 5.29. The Hall–Kier alpha value is -1.16. The van der Waals surface area contributed by atoms with Crippen molar-refractivity contribution in [3.8, 4) is 0 Å². The lowest BCUT2D eigenvalue weighted by atomic mass is 10.2. The Labute approximate surface area is 111 Å². The van der Waals surface area contributed by atoms with Gasteiger partial charge in [-0.25, -0.2) is 9.97 Å². The molecule has 0 unspecified atom stereocenters. The zero-order chi connectivity index (χ0) is 13.4. The third-order valence-electron chi connectivity index (χ3n) is 2.83. The molecule has 0 bridgehead atoms. The second-order valence-corrected chi connectivity index (χ2v) is 4.73. The van der Waals surface area contributed by atoms with Gasteiger partial charge in [-0.15, -0.1) is 0 Å². The Morgan fingerprint density at radius 2 is 1.61 bits per heavy atom. The van der Waals surface area contributed by atoms with E-state index in [4.69, 9.17) is 0 Å². The number of nitrogens with zero attached hydrogens (tertiary/aromatic N) is 4. The van der Waals surface area contributed by atoms with Gasteiger partial charge >= 0.3 is 0 Å². The van der Waals surface area contributed by atoms with E-state index in [1.165, 1.54) is 6.54 Å². The third-order valence-corrected chi connectivity index (χ3v) is 2.83. The van der Waals surface area contributed by atoms with E-state index in [0.717, 1.165) is 38.0 Å². The minimum Gasteiger partial charge on any atom is -0.338 e. The van der Waals surface area contributed by atoms with Crippen molar-refractivity contribution >= 4 is 5.95 Å². The Morgan fingerprint density at radius 1 is 1.06 bits per heavy atom. The van der Waals surface area contributed by atoms with E-state index in [-0.39, 0.29) is 0 Å². The molecule has 18 heavy (non-hydrogen) atoms. The summed E-state index contributed by atoms with van der Waals surface area (Å²) in [5, 5.41) is 0. The van der Waals surface area contributed by atoms with E-state index < -0.39 is 0 Å². The maximum Gasteiger partial charge on any atom is 0.225 e. The Balaban J connectivity index is 0.000000771. The summed E-state index contributed by atoms with van der Waals surface area (Å²) in [5.41, 5.74) is 0. The van der Waals surface area contributed by atoms with Gasteiger partial charge < -0.3 is 4.90 Å². The predicted octanol–water partition coefficient (Wildman–Crippen LogP) is 2.28. The zero-order valence-electron chi connectivity index (χ0n) is 12.1. The molecule has 1 aliphatic heterocycles. The molecular weight excluding hydrogens is 224 g/mol. The van der Waals surface area contributed by atoms with Crippen LogP contribution in [0.5, 0.6) is 0 Å². The molecule has 1 fully saturated rings. The molecule has 0 aliphatic carbocycles. The van der Waals surface area contributed by atoms with Crippen LogP contribution < -0.4 is 4.90 Å². The molecule has 0 N–H and O–H groups in total. The van der Waals surface area contributed by atoms with Gasteiger partial charge in [-0.05, 0) is 12.0 Å². The zero-order valence-corrected chi connectivity index (χ0v) is 12.1. The summed E-state index contributed by atoms with van der Waals surface area (Å²) in [6.07, 6.45) is 3.62. The number of rotatable bonds is 3. The maximum absolute atomic E-state index is 4.28. The lowest BCUT2D eigenvalue weighted by Gasteiger charge is -2.35. The third kappa shape index (κ3) is 4.61. The first-order valence-corrected chi connectivity index (χ1v) is 7.00. The van der Waals surface area contributed by atoms with Gasteiger partial charge in [-0.2, -0.15) is 0 Å². The van der Waals surface area contributed by atoms with Crippen molar-refractivity contribution in [2.45, 2.75) is 27.7 Å². The average molecular weight is 250 g/mol. The SMILES string of the molecule is CC.CC(C)CN1CCN(c2ncccn2)CC1. The summed E-state index contributed by atoms with van der Waals surface area (Å²) in [4.78, 5) is 13.3. The van der Waals surface area contributed by atoms with Crippen molar-refractivity contribution < 1.29 is 0 Å². The van der Waals surface area contributed by atoms with Crippen molar-refractivity contribution in [1.29, 1.82) is 0 Å². The van der Waals surface area contributed by atoms with Gasteiger partial charge in [0.25, 0.3) is 0 Å². The number of aromatic nitrogens is 2. The molecule has 2 rings (SSSR count). The Morgan fingerprint density at radius 3 is 2.11 bits per heavy atom. The van der Waals surface area contributed by atoms with Crippen LogP contribution in [0.3, 0.4) is 0 Å². The van der Waals surface area contributed by atoms with E-state index in [1.54, 1.807) is 0 Å². The molecule has 1 aromatic rings. The van der Waals surface area contributed by atoms with Crippen LogP contribution >= 0.6 is 0 Å². The van der Waals surface area contributed by atoms with Gasteiger partial charge in [0.05, 0.1) is 0 Å². The van der Waals surface area contributed by atoms with Crippen molar-refractivity contribution in [2.24, 2.45) is 5.92 Å². The Kier molecular flexibility index (Phi) is 6.65. The molecule has 0 aromatic carbocycles. The fourth-order valence-corrected chi connectivity index (χ4v) is 2.10. The first-order chi connectivity index (χ1) is 8.75. The van der Waals surface area contributed by atoms with Crippen LogP contribution in [0.4, 0.5) is 5.95 Å². The lowest BCUT2D eigenvalue weighted by Crippen LogP contribution is -2.47. The van der Waals surface area contributed by atoms with Gasteiger partial charge in [0, 0.05) is 45.1 Å². The quantitative estimate of drug-likeness (QED) is 0.824. The maximum atomic E-state index is 4.28. The van der Waals surface area contributed by atoms with E-state index in [9.17, 15) is 0 Å². The average Bonchev–Trinajstić information content (AvgIpc) is 2.42. The molecule has 0 amide bonds. The topological polar surface area (TPSA) is 32.3 Å². The monoisotopic (exact) mass is 250 g/mol. The van der Waals surface area contributed by atoms with Crippen LogP contribution in [0.2, 0.25) is 0 Å². The fraction of sp³-hybridized carbons (Fsp3) is 0.714. The molecule has 1 saturated heterocycles. The second kappa shape index (κ2) is 8.03. The number of hydrogen-bond acceptors (Lipinski definition) is 4. The molecule has 0 spiro atoms. The highest BCUT2D eigenvalue weighted by Crippen LogP contribution is 2.10. The molecule has 2 heterocycles. The minimum atomic E-state index is 0.750. The van der Waals surface area contributed by atoms with Gasteiger partial charge in [0.15, 0.2) is 0 Å². The van der Waals surface area contributed by atoms with E-state index in [2.05, 4.69) is 33.6 Å². The van der Waals surface area contributed by atoms with Crippen LogP contribution in [0, 0.1) is 5.92 Å². The normalized spacial score (nSPS) is 16.4. The van der Waals surface area contributed by atoms with Crippen LogP contribution in [-0.2, 0) is 0 Å². The van der Waals surface area contributed by atoms with Gasteiger partial charge in [-0.3, -0.25) is 4.90 Å². The molecule has 0 saturated carbocycles. The summed E-state index contributed by atoms with van der Waals surface area (Å²) in [7, 11) is 0. The number of hydrogen-bond donors (Lipinski definition) is 0. The molecule has 0 atom stereocenters. The largest absolute Gasteiger partial charge is 0.338 e. The summed E-state index contributed by atoms with van der Waals surface area (Å²) in [5.74, 6) is 1.62. The molecule has 1 aliphatic rings. The highest BCUT2D eigenvalue weighted by atomic mass is 15.3. The highest BCUT2D eigenvalue weighted by Gasteiger charge is 2.18. The van der Waals surface area contributed by atoms with Crippen LogP contribution in [-0.4, -0.2) is 47.6 Å². The first kappa shape index (κ1) is 14.9. The van der Waals surface area contributed by atoms with E-state index in [0.29, 0.717) is 0 Å². The smallest absolute Gasteiger partial charge is 0.225 e. The minimum absolute atomic E-state index is 0.750. The van der Waals surface area contributed by atoms with Crippen LogP contribution in [0.25, 0.3) is 0 Å². The van der Waals surface area contributed by atoms with Crippen molar-refractivity contribution in [3.05, 3.63) is 18.5 Å². The summed E-state index contributed by atoms with van der Waals surface area (Å²) < 4.78 is 0. The van der Waals surface area contributed by atoms with Crippen molar-refractivity contribution in [2.75, 3.05) is 37.6 Å². The predicted molar refractivity (Wildman–Crippen MR) is 76.9 cm³/mol.